The largest absolute Gasteiger partial charge is 0.449 e. The Hall–Kier alpha value is -1.80. The fraction of sp³-hybridized carbons (Fsp3) is 0.333. The number of furan rings is 1. The molecule has 3 heterocycles. The van der Waals surface area contributed by atoms with Crippen LogP contribution in [0.1, 0.15) is 12.2 Å². The van der Waals surface area contributed by atoms with Crippen LogP contribution in [0.2, 0.25) is 0 Å². The van der Waals surface area contributed by atoms with Crippen molar-refractivity contribution in [3.05, 3.63) is 38.9 Å². The van der Waals surface area contributed by atoms with Crippen LogP contribution >= 0.6 is 15.9 Å². The predicted octanol–water partition coefficient (Wildman–Crippen LogP) is 3.27. The molecule has 0 bridgehead atoms. The van der Waals surface area contributed by atoms with Crippen molar-refractivity contribution in [2.45, 2.75) is 18.9 Å². The summed E-state index contributed by atoms with van der Waals surface area (Å²) >= 11 is 3.38. The number of nitrogens with zero attached hydrogens (tertiary/aromatic N) is 2. The Morgan fingerprint density at radius 2 is 2.26 bits per heavy atom. The number of hydrogen-bond donors (Lipinski definition) is 1. The second-order valence-corrected chi connectivity index (χ2v) is 6.67. The first-order valence-corrected chi connectivity index (χ1v) is 7.92. The first kappa shape index (κ1) is 14.8. The third-order valence-electron chi connectivity index (χ3n) is 3.96. The minimum absolute atomic E-state index is 0.147. The van der Waals surface area contributed by atoms with Gasteiger partial charge in [-0.25, -0.2) is 13.8 Å². The van der Waals surface area contributed by atoms with Crippen LogP contribution in [-0.4, -0.2) is 33.9 Å². The number of aromatic nitrogens is 2. The molecule has 1 fully saturated rings. The van der Waals surface area contributed by atoms with Crippen molar-refractivity contribution in [2.75, 3.05) is 13.1 Å². The maximum Gasteiger partial charge on any atom is 0.294 e. The van der Waals surface area contributed by atoms with E-state index in [0.29, 0.717) is 22.3 Å². The van der Waals surface area contributed by atoms with Gasteiger partial charge in [-0.15, -0.1) is 0 Å². The number of benzene rings is 1. The highest BCUT2D eigenvalue weighted by atomic mass is 79.9. The van der Waals surface area contributed by atoms with E-state index >= 15 is 0 Å². The topological polar surface area (TPSA) is 62.1 Å². The number of hydrogen-bond acceptors (Lipinski definition) is 4. The van der Waals surface area contributed by atoms with Gasteiger partial charge in [-0.1, -0.05) is 15.9 Å². The Balaban J connectivity index is 1.78. The van der Waals surface area contributed by atoms with Crippen molar-refractivity contribution in [1.82, 2.24) is 14.9 Å². The summed E-state index contributed by atoms with van der Waals surface area (Å²) in [7, 11) is 0. The summed E-state index contributed by atoms with van der Waals surface area (Å²) in [6.45, 7) is 0.153. The molecule has 4 rings (SSSR count). The molecule has 1 saturated heterocycles. The molecule has 1 aromatic carbocycles. The van der Waals surface area contributed by atoms with Gasteiger partial charge in [-0.3, -0.25) is 9.69 Å². The number of halogens is 3. The fourth-order valence-corrected chi connectivity index (χ4v) is 3.26. The van der Waals surface area contributed by atoms with Gasteiger partial charge in [0.15, 0.2) is 0 Å². The number of H-pyrrole nitrogens is 1. The number of aromatic amines is 1. The predicted molar refractivity (Wildman–Crippen MR) is 84.7 cm³/mol. The van der Waals surface area contributed by atoms with Crippen LogP contribution in [0.25, 0.3) is 22.1 Å². The molecule has 2 aromatic heterocycles. The van der Waals surface area contributed by atoms with Crippen LogP contribution in [0, 0.1) is 0 Å². The summed E-state index contributed by atoms with van der Waals surface area (Å²) in [5.41, 5.74) is 0.758. The molecule has 1 aliphatic heterocycles. The Morgan fingerprint density at radius 1 is 1.43 bits per heavy atom. The zero-order valence-corrected chi connectivity index (χ0v) is 13.5. The van der Waals surface area contributed by atoms with Crippen molar-refractivity contribution in [2.24, 2.45) is 0 Å². The second kappa shape index (κ2) is 5.10. The van der Waals surface area contributed by atoms with Crippen LogP contribution in [0.3, 0.4) is 0 Å². The number of rotatable bonds is 2. The van der Waals surface area contributed by atoms with Crippen LogP contribution < -0.4 is 5.56 Å². The molecule has 1 aliphatic rings. The van der Waals surface area contributed by atoms with E-state index in [-0.39, 0.29) is 31.6 Å². The van der Waals surface area contributed by atoms with Gasteiger partial charge in [0.05, 0.1) is 13.1 Å². The summed E-state index contributed by atoms with van der Waals surface area (Å²) in [6.07, 6.45) is -0.166. The van der Waals surface area contributed by atoms with E-state index in [9.17, 15) is 13.6 Å². The van der Waals surface area contributed by atoms with Crippen molar-refractivity contribution in [1.29, 1.82) is 0 Å². The van der Waals surface area contributed by atoms with Crippen molar-refractivity contribution < 1.29 is 13.2 Å². The standard InChI is InChI=1S/C15H12BrF2N3O2/c16-8-1-2-10-9(5-8)12-13(23-10)14(22)20-11(19-12)6-21-4-3-15(17,18)7-21/h1-2,5H,3-4,6-7H2,(H,19,20,22). The van der Waals surface area contributed by atoms with Crippen LogP contribution in [0.4, 0.5) is 8.78 Å². The molecule has 0 spiro atoms. The molecule has 0 unspecified atom stereocenters. The van der Waals surface area contributed by atoms with Gasteiger partial charge in [0.2, 0.25) is 5.58 Å². The van der Waals surface area contributed by atoms with Gasteiger partial charge in [0, 0.05) is 22.8 Å². The van der Waals surface area contributed by atoms with E-state index in [2.05, 4.69) is 25.9 Å². The number of alkyl halides is 2. The Bertz CT molecular complexity index is 966. The van der Waals surface area contributed by atoms with Gasteiger partial charge in [0.1, 0.15) is 16.9 Å². The van der Waals surface area contributed by atoms with E-state index < -0.39 is 11.5 Å². The normalized spacial score (nSPS) is 18.2. The van der Waals surface area contributed by atoms with Gasteiger partial charge >= 0.3 is 0 Å². The average molecular weight is 384 g/mol. The molecular weight excluding hydrogens is 372 g/mol. The lowest BCUT2D eigenvalue weighted by molar-refractivity contribution is 0.0113. The molecule has 23 heavy (non-hydrogen) atoms. The quantitative estimate of drug-likeness (QED) is 0.737. The molecule has 3 aromatic rings. The van der Waals surface area contributed by atoms with Crippen LogP contribution in [0.15, 0.2) is 31.9 Å². The summed E-state index contributed by atoms with van der Waals surface area (Å²) in [4.78, 5) is 20.8. The lowest BCUT2D eigenvalue weighted by Gasteiger charge is -2.14. The van der Waals surface area contributed by atoms with Gasteiger partial charge in [-0.2, -0.15) is 0 Å². The third-order valence-corrected chi connectivity index (χ3v) is 4.45. The highest BCUT2D eigenvalue weighted by molar-refractivity contribution is 9.10. The summed E-state index contributed by atoms with van der Waals surface area (Å²) in [6, 6.07) is 5.38. The van der Waals surface area contributed by atoms with E-state index in [0.717, 1.165) is 4.47 Å². The zero-order chi connectivity index (χ0) is 16.2. The minimum atomic E-state index is -2.67. The molecule has 0 saturated carbocycles. The number of nitrogens with one attached hydrogen (secondary N) is 1. The molecular formula is C15H12BrF2N3O2. The lowest BCUT2D eigenvalue weighted by atomic mass is 10.2. The average Bonchev–Trinajstić information content (AvgIpc) is 3.00. The van der Waals surface area contributed by atoms with Crippen molar-refractivity contribution >= 4 is 38.0 Å². The minimum Gasteiger partial charge on any atom is -0.449 e. The number of likely N-dealkylation sites (tertiary alicyclic amines) is 1. The smallest absolute Gasteiger partial charge is 0.294 e. The highest BCUT2D eigenvalue weighted by Gasteiger charge is 2.38. The summed E-state index contributed by atoms with van der Waals surface area (Å²) in [5.74, 6) is -2.31. The first-order chi connectivity index (χ1) is 10.9. The third kappa shape index (κ3) is 2.66. The molecule has 5 nitrogen and oxygen atoms in total. The summed E-state index contributed by atoms with van der Waals surface area (Å²) < 4.78 is 32.9. The van der Waals surface area contributed by atoms with E-state index in [1.165, 1.54) is 0 Å². The molecule has 0 atom stereocenters. The lowest BCUT2D eigenvalue weighted by Crippen LogP contribution is -2.26. The SMILES string of the molecule is O=c1[nH]c(CN2CCC(F)(F)C2)nc2c1oc1ccc(Br)cc12. The highest BCUT2D eigenvalue weighted by Crippen LogP contribution is 2.29. The zero-order valence-electron chi connectivity index (χ0n) is 11.9. The van der Waals surface area contributed by atoms with E-state index in [4.69, 9.17) is 4.42 Å². The maximum absolute atomic E-state index is 13.3. The number of fused-ring (bicyclic) bond motifs is 3. The van der Waals surface area contributed by atoms with Gasteiger partial charge in [0.25, 0.3) is 11.5 Å². The molecule has 120 valence electrons. The van der Waals surface area contributed by atoms with Gasteiger partial charge < -0.3 is 9.40 Å². The molecule has 8 heteroatoms. The Morgan fingerprint density at radius 3 is 3.00 bits per heavy atom. The van der Waals surface area contributed by atoms with Crippen molar-refractivity contribution in [3.63, 3.8) is 0 Å². The Kier molecular flexibility index (Phi) is 3.28. The van der Waals surface area contributed by atoms with E-state index in [1.807, 2.05) is 12.1 Å². The van der Waals surface area contributed by atoms with Crippen LogP contribution in [0.5, 0.6) is 0 Å². The van der Waals surface area contributed by atoms with Crippen molar-refractivity contribution in [3.8, 4) is 0 Å². The fourth-order valence-electron chi connectivity index (χ4n) is 2.90. The molecule has 0 amide bonds. The monoisotopic (exact) mass is 383 g/mol. The van der Waals surface area contributed by atoms with Gasteiger partial charge in [-0.05, 0) is 18.2 Å². The molecule has 0 radical (unpaired) electrons. The molecule has 1 N–H and O–H groups in total. The van der Waals surface area contributed by atoms with Crippen LogP contribution in [-0.2, 0) is 6.54 Å². The van der Waals surface area contributed by atoms with E-state index in [1.54, 1.807) is 11.0 Å². The first-order valence-electron chi connectivity index (χ1n) is 7.12. The molecule has 0 aliphatic carbocycles. The second-order valence-electron chi connectivity index (χ2n) is 5.75. The Labute approximate surface area is 137 Å². The maximum atomic E-state index is 13.3. The summed E-state index contributed by atoms with van der Waals surface area (Å²) in [5, 5.41) is 0.716.